The molecule has 0 unspecified atom stereocenters. The van der Waals surface area contributed by atoms with E-state index in [-0.39, 0.29) is 5.75 Å². The van der Waals surface area contributed by atoms with Gasteiger partial charge in [0.25, 0.3) is 0 Å². The minimum Gasteiger partial charge on any atom is -0.404 e. The first-order valence-electron chi connectivity index (χ1n) is 3.72. The smallest absolute Gasteiger partial charge is 0.404 e. The third kappa shape index (κ3) is 2.93. The highest BCUT2D eigenvalue weighted by Crippen LogP contribution is 2.24. The van der Waals surface area contributed by atoms with Gasteiger partial charge >= 0.3 is 6.36 Å². The Labute approximate surface area is 73.4 Å². The Kier molecular flexibility index (Phi) is 2.75. The molecule has 0 aliphatic rings. The standard InChI is InChI=1S/C8H8F3NO/c1-2-6-7(4-3-5-12-6)13-8(9,10)11/h3-5H,2H2,1H3. The molecule has 0 fully saturated rings. The largest absolute Gasteiger partial charge is 0.573 e. The molecule has 5 heteroatoms. The molecule has 0 aliphatic heterocycles. The molecule has 0 aliphatic carbocycles. The third-order valence-electron chi connectivity index (χ3n) is 1.41. The van der Waals surface area contributed by atoms with Crippen LogP contribution >= 0.6 is 0 Å². The van der Waals surface area contributed by atoms with E-state index in [0.29, 0.717) is 12.1 Å². The minimum absolute atomic E-state index is 0.225. The van der Waals surface area contributed by atoms with E-state index >= 15 is 0 Å². The van der Waals surface area contributed by atoms with Crippen molar-refractivity contribution in [2.24, 2.45) is 0 Å². The highest BCUT2D eigenvalue weighted by atomic mass is 19.4. The first-order chi connectivity index (χ1) is 6.03. The quantitative estimate of drug-likeness (QED) is 0.716. The summed E-state index contributed by atoms with van der Waals surface area (Å²) < 4.78 is 39.2. The molecule has 0 bridgehead atoms. The van der Waals surface area contributed by atoms with E-state index in [4.69, 9.17) is 0 Å². The molecule has 72 valence electrons. The van der Waals surface area contributed by atoms with E-state index in [1.165, 1.54) is 18.3 Å². The van der Waals surface area contributed by atoms with E-state index in [1.807, 2.05) is 0 Å². The summed E-state index contributed by atoms with van der Waals surface area (Å²) in [4.78, 5) is 3.76. The molecule has 1 rings (SSSR count). The summed E-state index contributed by atoms with van der Waals surface area (Å²) in [7, 11) is 0. The molecule has 0 N–H and O–H groups in total. The Hall–Kier alpha value is -1.26. The second-order valence-electron chi connectivity index (χ2n) is 2.35. The number of aromatic nitrogens is 1. The highest BCUT2D eigenvalue weighted by molar-refractivity contribution is 5.26. The predicted octanol–water partition coefficient (Wildman–Crippen LogP) is 2.54. The molecule has 0 saturated heterocycles. The fraction of sp³-hybridized carbons (Fsp3) is 0.375. The molecule has 1 heterocycles. The average Bonchev–Trinajstić information content (AvgIpc) is 2.02. The molecule has 1 aromatic rings. The summed E-state index contributed by atoms with van der Waals surface area (Å²) in [5.41, 5.74) is 0.305. The number of alkyl halides is 3. The molecule has 0 amide bonds. The van der Waals surface area contributed by atoms with E-state index in [1.54, 1.807) is 6.92 Å². The lowest BCUT2D eigenvalue weighted by atomic mass is 10.3. The Balaban J connectivity index is 2.87. The highest BCUT2D eigenvalue weighted by Gasteiger charge is 2.31. The number of ether oxygens (including phenoxy) is 1. The van der Waals surface area contributed by atoms with E-state index in [9.17, 15) is 13.2 Å². The van der Waals surface area contributed by atoms with Crippen LogP contribution in [0.25, 0.3) is 0 Å². The van der Waals surface area contributed by atoms with Gasteiger partial charge in [-0.3, -0.25) is 4.98 Å². The average molecular weight is 191 g/mol. The van der Waals surface area contributed by atoms with Gasteiger partial charge in [-0.1, -0.05) is 6.92 Å². The Bertz CT molecular complexity index is 285. The summed E-state index contributed by atoms with van der Waals surface area (Å²) in [5.74, 6) is -0.225. The fourth-order valence-corrected chi connectivity index (χ4v) is 0.906. The van der Waals surface area contributed by atoms with Crippen molar-refractivity contribution in [1.82, 2.24) is 4.98 Å². The van der Waals surface area contributed by atoms with Crippen LogP contribution in [0.3, 0.4) is 0 Å². The van der Waals surface area contributed by atoms with Crippen LogP contribution in [0.4, 0.5) is 13.2 Å². The molecule has 0 atom stereocenters. The lowest BCUT2D eigenvalue weighted by molar-refractivity contribution is -0.275. The molecule has 0 spiro atoms. The van der Waals surface area contributed by atoms with Crippen molar-refractivity contribution in [3.8, 4) is 5.75 Å². The van der Waals surface area contributed by atoms with Crippen molar-refractivity contribution in [3.63, 3.8) is 0 Å². The molecular weight excluding hydrogens is 183 g/mol. The first kappa shape index (κ1) is 9.83. The fourth-order valence-electron chi connectivity index (χ4n) is 0.906. The number of nitrogens with zero attached hydrogens (tertiary/aromatic N) is 1. The number of rotatable bonds is 2. The number of hydrogen-bond acceptors (Lipinski definition) is 2. The van der Waals surface area contributed by atoms with Gasteiger partial charge in [0.15, 0.2) is 5.75 Å². The summed E-state index contributed by atoms with van der Waals surface area (Å²) in [5, 5.41) is 0. The Morgan fingerprint density at radius 2 is 2.15 bits per heavy atom. The van der Waals surface area contributed by atoms with Gasteiger partial charge in [-0.25, -0.2) is 0 Å². The van der Waals surface area contributed by atoms with Crippen molar-refractivity contribution < 1.29 is 17.9 Å². The van der Waals surface area contributed by atoms with Gasteiger partial charge in [0.2, 0.25) is 0 Å². The van der Waals surface area contributed by atoms with E-state index in [2.05, 4.69) is 9.72 Å². The topological polar surface area (TPSA) is 22.1 Å². The zero-order valence-corrected chi connectivity index (χ0v) is 6.93. The van der Waals surface area contributed by atoms with Crippen LogP contribution in [0.1, 0.15) is 12.6 Å². The van der Waals surface area contributed by atoms with Gasteiger partial charge in [-0.2, -0.15) is 0 Å². The first-order valence-corrected chi connectivity index (χ1v) is 3.72. The monoisotopic (exact) mass is 191 g/mol. The van der Waals surface area contributed by atoms with Gasteiger partial charge < -0.3 is 4.74 Å². The lowest BCUT2D eigenvalue weighted by Gasteiger charge is -2.10. The SMILES string of the molecule is CCc1ncccc1OC(F)(F)F. The van der Waals surface area contributed by atoms with Crippen LogP contribution in [-0.2, 0) is 6.42 Å². The molecule has 1 aromatic heterocycles. The molecule has 0 radical (unpaired) electrons. The molecular formula is C8H8F3NO. The van der Waals surface area contributed by atoms with E-state index < -0.39 is 6.36 Å². The summed E-state index contributed by atoms with van der Waals surface area (Å²) in [6.07, 6.45) is -2.80. The number of pyridine rings is 1. The van der Waals surface area contributed by atoms with Crippen molar-refractivity contribution >= 4 is 0 Å². The number of aryl methyl sites for hydroxylation is 1. The van der Waals surface area contributed by atoms with Crippen molar-refractivity contribution in [2.45, 2.75) is 19.7 Å². The van der Waals surface area contributed by atoms with Crippen LogP contribution in [-0.4, -0.2) is 11.3 Å². The normalized spacial score (nSPS) is 11.4. The zero-order valence-electron chi connectivity index (χ0n) is 6.93. The molecule has 2 nitrogen and oxygen atoms in total. The summed E-state index contributed by atoms with van der Waals surface area (Å²) in [6.45, 7) is 1.71. The number of halogens is 3. The molecule has 13 heavy (non-hydrogen) atoms. The minimum atomic E-state index is -4.65. The zero-order chi connectivity index (χ0) is 9.90. The number of hydrogen-bond donors (Lipinski definition) is 0. The molecule has 0 saturated carbocycles. The van der Waals surface area contributed by atoms with Crippen LogP contribution in [0.5, 0.6) is 5.75 Å². The van der Waals surface area contributed by atoms with Crippen molar-refractivity contribution in [3.05, 3.63) is 24.0 Å². The van der Waals surface area contributed by atoms with Crippen LogP contribution < -0.4 is 4.74 Å². The van der Waals surface area contributed by atoms with Crippen LogP contribution in [0.15, 0.2) is 18.3 Å². The van der Waals surface area contributed by atoms with Crippen molar-refractivity contribution in [2.75, 3.05) is 0 Å². The van der Waals surface area contributed by atoms with Crippen LogP contribution in [0.2, 0.25) is 0 Å². The maximum Gasteiger partial charge on any atom is 0.573 e. The van der Waals surface area contributed by atoms with Gasteiger partial charge in [-0.15, -0.1) is 13.2 Å². The van der Waals surface area contributed by atoms with Gasteiger partial charge in [-0.05, 0) is 18.6 Å². The van der Waals surface area contributed by atoms with Gasteiger partial charge in [0, 0.05) is 6.20 Å². The lowest BCUT2D eigenvalue weighted by Crippen LogP contribution is -2.18. The predicted molar refractivity (Wildman–Crippen MR) is 40.3 cm³/mol. The summed E-state index contributed by atoms with van der Waals surface area (Å²) in [6, 6.07) is 2.65. The molecule has 0 aromatic carbocycles. The summed E-state index contributed by atoms with van der Waals surface area (Å²) >= 11 is 0. The van der Waals surface area contributed by atoms with Gasteiger partial charge in [0.1, 0.15) is 0 Å². The Morgan fingerprint density at radius 3 is 2.69 bits per heavy atom. The van der Waals surface area contributed by atoms with E-state index in [0.717, 1.165) is 0 Å². The van der Waals surface area contributed by atoms with Crippen LogP contribution in [0, 0.1) is 0 Å². The van der Waals surface area contributed by atoms with Crippen molar-refractivity contribution in [1.29, 1.82) is 0 Å². The second-order valence-corrected chi connectivity index (χ2v) is 2.35. The Morgan fingerprint density at radius 1 is 1.46 bits per heavy atom. The maximum atomic E-state index is 11.8. The third-order valence-corrected chi connectivity index (χ3v) is 1.41. The van der Waals surface area contributed by atoms with Gasteiger partial charge in [0.05, 0.1) is 5.69 Å². The maximum absolute atomic E-state index is 11.8. The second kappa shape index (κ2) is 3.64.